The summed E-state index contributed by atoms with van der Waals surface area (Å²) >= 11 is 0. The molecule has 1 saturated heterocycles. The Morgan fingerprint density at radius 1 is 1.39 bits per heavy atom. The highest BCUT2D eigenvalue weighted by Crippen LogP contribution is 2.22. The van der Waals surface area contributed by atoms with Crippen LogP contribution in [0.25, 0.3) is 0 Å². The average molecular weight is 249 g/mol. The van der Waals surface area contributed by atoms with Crippen LogP contribution < -0.4 is 11.5 Å². The summed E-state index contributed by atoms with van der Waals surface area (Å²) in [5, 5.41) is 0. The maximum atomic E-state index is 11.4. The van der Waals surface area contributed by atoms with E-state index in [1.54, 1.807) is 0 Å². The van der Waals surface area contributed by atoms with Crippen LogP contribution in [0.2, 0.25) is 0 Å². The van der Waals surface area contributed by atoms with E-state index in [-0.39, 0.29) is 11.6 Å². The van der Waals surface area contributed by atoms with E-state index in [2.05, 4.69) is 4.98 Å². The number of carbonyl (C=O) groups excluding carboxylic acids is 2. The fourth-order valence-electron chi connectivity index (χ4n) is 2.18. The van der Waals surface area contributed by atoms with Gasteiger partial charge in [-0.2, -0.15) is 0 Å². The first-order valence-electron chi connectivity index (χ1n) is 5.75. The molecule has 0 spiro atoms. The van der Waals surface area contributed by atoms with Gasteiger partial charge in [0, 0.05) is 25.0 Å². The molecule has 96 valence electrons. The quantitative estimate of drug-likeness (QED) is 0.773. The van der Waals surface area contributed by atoms with Gasteiger partial charge in [-0.15, -0.1) is 0 Å². The molecule has 2 rings (SSSR count). The van der Waals surface area contributed by atoms with Crippen molar-refractivity contribution in [1.82, 2.24) is 4.98 Å². The minimum Gasteiger partial charge on any atom is -0.381 e. The summed E-state index contributed by atoms with van der Waals surface area (Å²) in [6, 6.07) is 1.51. The number of hydrogen-bond donors (Lipinski definition) is 2. The van der Waals surface area contributed by atoms with Gasteiger partial charge in [-0.3, -0.25) is 14.6 Å². The van der Waals surface area contributed by atoms with Gasteiger partial charge in [-0.05, 0) is 30.4 Å². The number of primary amides is 2. The molecule has 6 nitrogen and oxygen atoms in total. The average Bonchev–Trinajstić information content (AvgIpc) is 2.81. The molecule has 0 radical (unpaired) electrons. The lowest BCUT2D eigenvalue weighted by Crippen LogP contribution is -2.23. The van der Waals surface area contributed by atoms with E-state index in [9.17, 15) is 9.59 Å². The fourth-order valence-corrected chi connectivity index (χ4v) is 2.18. The van der Waals surface area contributed by atoms with Crippen molar-refractivity contribution in [3.05, 3.63) is 29.1 Å². The number of amides is 2. The number of hydrogen-bond acceptors (Lipinski definition) is 4. The van der Waals surface area contributed by atoms with Crippen molar-refractivity contribution in [3.8, 4) is 0 Å². The Balaban J connectivity index is 2.39. The zero-order valence-electron chi connectivity index (χ0n) is 9.89. The summed E-state index contributed by atoms with van der Waals surface area (Å²) in [6.45, 7) is 1.31. The van der Waals surface area contributed by atoms with E-state index in [1.807, 2.05) is 0 Å². The predicted octanol–water partition coefficient (Wildman–Crippen LogP) is -0.142. The molecule has 0 aromatic carbocycles. The van der Waals surface area contributed by atoms with E-state index in [0.717, 1.165) is 6.42 Å². The fraction of sp³-hybridized carbons (Fsp3) is 0.417. The molecule has 2 heterocycles. The number of ether oxygens (including phenoxy) is 1. The Morgan fingerprint density at radius 3 is 2.72 bits per heavy atom. The van der Waals surface area contributed by atoms with Crippen LogP contribution in [0.15, 0.2) is 12.3 Å². The molecule has 0 saturated carbocycles. The van der Waals surface area contributed by atoms with E-state index in [4.69, 9.17) is 16.2 Å². The largest absolute Gasteiger partial charge is 0.381 e. The Kier molecular flexibility index (Phi) is 3.57. The Morgan fingerprint density at radius 2 is 2.17 bits per heavy atom. The highest BCUT2D eigenvalue weighted by molar-refractivity contribution is 5.99. The van der Waals surface area contributed by atoms with Crippen LogP contribution in [0.5, 0.6) is 0 Å². The zero-order chi connectivity index (χ0) is 13.1. The van der Waals surface area contributed by atoms with Gasteiger partial charge in [-0.25, -0.2) is 0 Å². The molecule has 1 fully saturated rings. The summed E-state index contributed by atoms with van der Waals surface area (Å²) in [6.07, 6.45) is 2.80. The first-order valence-corrected chi connectivity index (χ1v) is 5.75. The van der Waals surface area contributed by atoms with Gasteiger partial charge in [0.1, 0.15) is 5.69 Å². The summed E-state index contributed by atoms with van der Waals surface area (Å²) in [5.41, 5.74) is 11.6. The molecule has 1 aliphatic rings. The molecule has 6 heteroatoms. The maximum Gasteiger partial charge on any atom is 0.267 e. The van der Waals surface area contributed by atoms with Crippen molar-refractivity contribution < 1.29 is 14.3 Å². The molecular formula is C12H15N3O3. The molecule has 1 aliphatic heterocycles. The third kappa shape index (κ3) is 2.48. The molecule has 1 aromatic rings. The summed E-state index contributed by atoms with van der Waals surface area (Å²) in [5.74, 6) is -0.953. The normalized spacial score (nSPS) is 18.8. The van der Waals surface area contributed by atoms with Crippen LogP contribution in [0.1, 0.15) is 32.8 Å². The molecule has 4 N–H and O–H groups in total. The number of carbonyl (C=O) groups is 2. The zero-order valence-corrected chi connectivity index (χ0v) is 9.89. The van der Waals surface area contributed by atoms with Crippen LogP contribution >= 0.6 is 0 Å². The third-order valence-electron chi connectivity index (χ3n) is 3.07. The van der Waals surface area contributed by atoms with Crippen molar-refractivity contribution in [2.24, 2.45) is 17.4 Å². The van der Waals surface area contributed by atoms with Gasteiger partial charge >= 0.3 is 0 Å². The monoisotopic (exact) mass is 249 g/mol. The van der Waals surface area contributed by atoms with Crippen molar-refractivity contribution >= 4 is 11.8 Å². The highest BCUT2D eigenvalue weighted by atomic mass is 16.5. The lowest BCUT2D eigenvalue weighted by atomic mass is 9.93. The van der Waals surface area contributed by atoms with E-state index < -0.39 is 11.8 Å². The summed E-state index contributed by atoms with van der Waals surface area (Å²) in [4.78, 5) is 26.7. The summed E-state index contributed by atoms with van der Waals surface area (Å²) in [7, 11) is 0. The lowest BCUT2D eigenvalue weighted by molar-refractivity contribution is 0.0994. The van der Waals surface area contributed by atoms with Crippen LogP contribution in [-0.2, 0) is 11.2 Å². The number of rotatable bonds is 4. The first kappa shape index (κ1) is 12.5. The smallest absolute Gasteiger partial charge is 0.267 e. The SMILES string of the molecule is NC(=O)c1ccnc(C(N)=O)c1CC1CCOC1. The molecule has 1 unspecified atom stereocenters. The van der Waals surface area contributed by atoms with Crippen molar-refractivity contribution in [2.45, 2.75) is 12.8 Å². The van der Waals surface area contributed by atoms with E-state index in [0.29, 0.717) is 30.8 Å². The van der Waals surface area contributed by atoms with E-state index >= 15 is 0 Å². The van der Waals surface area contributed by atoms with Gasteiger partial charge in [0.25, 0.3) is 5.91 Å². The standard InChI is InChI=1S/C12H15N3O3/c13-11(16)8-1-3-15-10(12(14)17)9(8)5-7-2-4-18-6-7/h1,3,7H,2,4-6H2,(H2,13,16)(H2,14,17). The van der Waals surface area contributed by atoms with Crippen LogP contribution in [0.4, 0.5) is 0 Å². The number of nitrogens with two attached hydrogens (primary N) is 2. The molecule has 0 aliphatic carbocycles. The molecule has 18 heavy (non-hydrogen) atoms. The second-order valence-corrected chi connectivity index (χ2v) is 4.35. The molecule has 1 atom stereocenters. The molecule has 0 bridgehead atoms. The van der Waals surface area contributed by atoms with E-state index in [1.165, 1.54) is 12.3 Å². The maximum absolute atomic E-state index is 11.4. The minimum atomic E-state index is -0.646. The number of pyridine rings is 1. The molecule has 1 aromatic heterocycles. The van der Waals surface area contributed by atoms with Crippen LogP contribution in [-0.4, -0.2) is 30.0 Å². The van der Waals surface area contributed by atoms with Gasteiger partial charge in [0.2, 0.25) is 5.91 Å². The van der Waals surface area contributed by atoms with Crippen LogP contribution in [0.3, 0.4) is 0 Å². The first-order chi connectivity index (χ1) is 8.59. The second kappa shape index (κ2) is 5.14. The highest BCUT2D eigenvalue weighted by Gasteiger charge is 2.23. The van der Waals surface area contributed by atoms with Gasteiger partial charge in [0.05, 0.1) is 0 Å². The minimum absolute atomic E-state index is 0.123. The lowest BCUT2D eigenvalue weighted by Gasteiger charge is -2.13. The number of nitrogens with zero attached hydrogens (tertiary/aromatic N) is 1. The third-order valence-corrected chi connectivity index (χ3v) is 3.07. The topological polar surface area (TPSA) is 108 Å². The van der Waals surface area contributed by atoms with Gasteiger partial charge in [-0.1, -0.05) is 0 Å². The van der Waals surface area contributed by atoms with Gasteiger partial charge in [0.15, 0.2) is 0 Å². The molecule has 2 amide bonds. The Hall–Kier alpha value is -1.95. The molecular weight excluding hydrogens is 234 g/mol. The van der Waals surface area contributed by atoms with Crippen molar-refractivity contribution in [1.29, 1.82) is 0 Å². The second-order valence-electron chi connectivity index (χ2n) is 4.35. The number of aromatic nitrogens is 1. The summed E-state index contributed by atoms with van der Waals surface area (Å²) < 4.78 is 5.28. The Bertz CT molecular complexity index is 449. The van der Waals surface area contributed by atoms with Crippen molar-refractivity contribution in [3.63, 3.8) is 0 Å². The van der Waals surface area contributed by atoms with Gasteiger partial charge < -0.3 is 16.2 Å². The predicted molar refractivity (Wildman–Crippen MR) is 63.9 cm³/mol. The Labute approximate surface area is 104 Å². The van der Waals surface area contributed by atoms with Crippen LogP contribution in [0, 0.1) is 5.92 Å². The van der Waals surface area contributed by atoms with Crippen molar-refractivity contribution in [2.75, 3.05) is 13.2 Å².